The predicted molar refractivity (Wildman–Crippen MR) is 79.7 cm³/mol. The number of carbonyl (C=O) groups excluding carboxylic acids is 1. The average molecular weight is 309 g/mol. The number of amides is 1. The summed E-state index contributed by atoms with van der Waals surface area (Å²) in [5, 5.41) is 15.4. The van der Waals surface area contributed by atoms with Crippen LogP contribution in [0.4, 0.5) is 5.69 Å². The van der Waals surface area contributed by atoms with E-state index in [1.807, 2.05) is 0 Å². The molecule has 0 aromatic heterocycles. The van der Waals surface area contributed by atoms with Crippen LogP contribution < -0.4 is 10.6 Å². The summed E-state index contributed by atoms with van der Waals surface area (Å²) in [4.78, 5) is 23.3. The third-order valence-electron chi connectivity index (χ3n) is 4.52. The minimum absolute atomic E-state index is 0.0319. The molecule has 1 atom stereocenters. The average Bonchev–Trinajstić information content (AvgIpc) is 3.12. The lowest BCUT2D eigenvalue weighted by molar-refractivity contribution is -0.118. The number of hydrogen-bond donors (Lipinski definition) is 3. The van der Waals surface area contributed by atoms with Gasteiger partial charge in [-0.15, -0.1) is 0 Å². The van der Waals surface area contributed by atoms with Gasteiger partial charge < -0.3 is 15.7 Å². The minimum atomic E-state index is -1.06. The molecule has 1 amide bonds. The first-order chi connectivity index (χ1) is 10.00. The van der Waals surface area contributed by atoms with E-state index in [2.05, 4.69) is 10.6 Å². The zero-order chi connectivity index (χ0) is 15.0. The van der Waals surface area contributed by atoms with Gasteiger partial charge in [0, 0.05) is 16.6 Å². The second-order valence-corrected chi connectivity index (χ2v) is 6.33. The molecule has 21 heavy (non-hydrogen) atoms. The number of carboxylic acid groups (broad SMARTS) is 1. The van der Waals surface area contributed by atoms with Gasteiger partial charge in [0.15, 0.2) is 0 Å². The number of nitrogens with one attached hydrogen (secondary N) is 2. The molecule has 1 aliphatic heterocycles. The number of carboxylic acids is 1. The number of anilines is 1. The first-order valence-corrected chi connectivity index (χ1v) is 7.43. The molecule has 1 aliphatic carbocycles. The number of aromatic carboxylic acids is 1. The van der Waals surface area contributed by atoms with E-state index >= 15 is 0 Å². The molecular formula is C15H17ClN2O3. The third-order valence-corrected chi connectivity index (χ3v) is 4.74. The molecule has 2 fully saturated rings. The van der Waals surface area contributed by atoms with Gasteiger partial charge in [-0.2, -0.15) is 0 Å². The Bertz CT molecular complexity index is 597. The zero-order valence-electron chi connectivity index (χ0n) is 11.5. The molecule has 1 saturated carbocycles. The summed E-state index contributed by atoms with van der Waals surface area (Å²) in [5.74, 6) is -1.06. The predicted octanol–water partition coefficient (Wildman–Crippen LogP) is 2.37. The number of hydrogen-bond acceptors (Lipinski definition) is 3. The molecule has 5 nitrogen and oxygen atoms in total. The van der Waals surface area contributed by atoms with Crippen LogP contribution in [0.2, 0.25) is 5.02 Å². The van der Waals surface area contributed by atoms with Crippen molar-refractivity contribution in [3.8, 4) is 0 Å². The number of benzene rings is 1. The van der Waals surface area contributed by atoms with Crippen LogP contribution >= 0.6 is 11.6 Å². The number of carbonyl (C=O) groups is 2. The molecule has 1 unspecified atom stereocenters. The van der Waals surface area contributed by atoms with Gasteiger partial charge >= 0.3 is 5.97 Å². The normalized spacial score (nSPS) is 22.8. The van der Waals surface area contributed by atoms with Crippen molar-refractivity contribution in [3.63, 3.8) is 0 Å². The van der Waals surface area contributed by atoms with E-state index in [-0.39, 0.29) is 22.8 Å². The SMILES string of the molecule is O=C(O)c1cc(Cl)cc(NC(=O)C2CC23CCNCC3)c1. The first-order valence-electron chi connectivity index (χ1n) is 7.06. The molecule has 6 heteroatoms. The van der Waals surface area contributed by atoms with Crippen LogP contribution in [0.15, 0.2) is 18.2 Å². The Morgan fingerprint density at radius 1 is 1.29 bits per heavy atom. The van der Waals surface area contributed by atoms with Gasteiger partial charge in [0.1, 0.15) is 0 Å². The lowest BCUT2D eigenvalue weighted by Crippen LogP contribution is -2.31. The smallest absolute Gasteiger partial charge is 0.335 e. The maximum absolute atomic E-state index is 12.3. The highest BCUT2D eigenvalue weighted by Gasteiger charge is 2.57. The van der Waals surface area contributed by atoms with Crippen LogP contribution in [0.5, 0.6) is 0 Å². The summed E-state index contributed by atoms with van der Waals surface area (Å²) >= 11 is 5.89. The second kappa shape index (κ2) is 5.31. The van der Waals surface area contributed by atoms with Crippen LogP contribution in [-0.4, -0.2) is 30.1 Å². The standard InChI is InChI=1S/C15H17ClN2O3/c16-10-5-9(14(20)21)6-11(7-10)18-13(19)12-8-15(12)1-3-17-4-2-15/h5-7,12,17H,1-4,8H2,(H,18,19)(H,20,21). The van der Waals surface area contributed by atoms with Crippen molar-refractivity contribution < 1.29 is 14.7 Å². The molecule has 1 saturated heterocycles. The van der Waals surface area contributed by atoms with E-state index in [0.717, 1.165) is 32.4 Å². The Labute approximate surface area is 127 Å². The van der Waals surface area contributed by atoms with E-state index in [1.54, 1.807) is 6.07 Å². The van der Waals surface area contributed by atoms with Crippen molar-refractivity contribution in [2.45, 2.75) is 19.3 Å². The summed E-state index contributed by atoms with van der Waals surface area (Å²) in [5.41, 5.74) is 0.676. The lowest BCUT2D eigenvalue weighted by Gasteiger charge is -2.23. The number of rotatable bonds is 3. The second-order valence-electron chi connectivity index (χ2n) is 5.89. The zero-order valence-corrected chi connectivity index (χ0v) is 12.2. The highest BCUT2D eigenvalue weighted by molar-refractivity contribution is 6.31. The van der Waals surface area contributed by atoms with Crippen LogP contribution in [-0.2, 0) is 4.79 Å². The summed E-state index contributed by atoms with van der Waals surface area (Å²) in [6.45, 7) is 1.92. The largest absolute Gasteiger partial charge is 0.478 e. The van der Waals surface area contributed by atoms with Crippen molar-refractivity contribution in [1.29, 1.82) is 0 Å². The molecule has 1 aromatic rings. The monoisotopic (exact) mass is 308 g/mol. The quantitative estimate of drug-likeness (QED) is 0.801. The third kappa shape index (κ3) is 2.89. The summed E-state index contributed by atoms with van der Waals surface area (Å²) in [6, 6.07) is 4.37. The van der Waals surface area contributed by atoms with Crippen molar-refractivity contribution in [2.75, 3.05) is 18.4 Å². The molecule has 0 bridgehead atoms. The van der Waals surface area contributed by atoms with Crippen molar-refractivity contribution in [1.82, 2.24) is 5.32 Å². The van der Waals surface area contributed by atoms with Gasteiger partial charge in [0.05, 0.1) is 5.56 Å². The summed E-state index contributed by atoms with van der Waals surface area (Å²) < 4.78 is 0. The number of piperidine rings is 1. The summed E-state index contributed by atoms with van der Waals surface area (Å²) in [7, 11) is 0. The van der Waals surface area contributed by atoms with E-state index < -0.39 is 5.97 Å². The van der Waals surface area contributed by atoms with Gasteiger partial charge in [-0.3, -0.25) is 4.79 Å². The van der Waals surface area contributed by atoms with Crippen LogP contribution in [0.3, 0.4) is 0 Å². The first kappa shape index (κ1) is 14.4. The fourth-order valence-electron chi connectivity index (χ4n) is 3.21. The Balaban J connectivity index is 1.70. The van der Waals surface area contributed by atoms with Gasteiger partial charge in [0.25, 0.3) is 0 Å². The molecule has 3 N–H and O–H groups in total. The molecule has 112 valence electrons. The van der Waals surface area contributed by atoms with Crippen molar-refractivity contribution in [3.05, 3.63) is 28.8 Å². The summed E-state index contributed by atoms with van der Waals surface area (Å²) in [6.07, 6.45) is 2.98. The Hall–Kier alpha value is -1.59. The van der Waals surface area contributed by atoms with Gasteiger partial charge in [0.2, 0.25) is 5.91 Å². The highest BCUT2D eigenvalue weighted by Crippen LogP contribution is 2.58. The van der Waals surface area contributed by atoms with Crippen molar-refractivity contribution >= 4 is 29.2 Å². The topological polar surface area (TPSA) is 78.4 Å². The van der Waals surface area contributed by atoms with Crippen LogP contribution in [0, 0.1) is 11.3 Å². The fourth-order valence-corrected chi connectivity index (χ4v) is 3.45. The molecule has 3 rings (SSSR count). The maximum Gasteiger partial charge on any atom is 0.335 e. The van der Waals surface area contributed by atoms with E-state index in [9.17, 15) is 9.59 Å². The van der Waals surface area contributed by atoms with Gasteiger partial charge in [-0.1, -0.05) is 11.6 Å². The van der Waals surface area contributed by atoms with Gasteiger partial charge in [-0.25, -0.2) is 4.79 Å². The Morgan fingerprint density at radius 2 is 2.00 bits per heavy atom. The fraction of sp³-hybridized carbons (Fsp3) is 0.467. The Kier molecular flexibility index (Phi) is 3.63. The molecular weight excluding hydrogens is 292 g/mol. The minimum Gasteiger partial charge on any atom is -0.478 e. The molecule has 0 radical (unpaired) electrons. The molecule has 1 spiro atoms. The van der Waals surface area contributed by atoms with Gasteiger partial charge in [-0.05, 0) is 56.0 Å². The van der Waals surface area contributed by atoms with E-state index in [1.165, 1.54) is 12.1 Å². The van der Waals surface area contributed by atoms with E-state index in [0.29, 0.717) is 10.7 Å². The number of halogens is 1. The lowest BCUT2D eigenvalue weighted by atomic mass is 9.92. The van der Waals surface area contributed by atoms with E-state index in [4.69, 9.17) is 16.7 Å². The van der Waals surface area contributed by atoms with Crippen LogP contribution in [0.25, 0.3) is 0 Å². The molecule has 1 aromatic carbocycles. The highest BCUT2D eigenvalue weighted by atomic mass is 35.5. The Morgan fingerprint density at radius 3 is 2.67 bits per heavy atom. The van der Waals surface area contributed by atoms with Crippen molar-refractivity contribution in [2.24, 2.45) is 11.3 Å². The molecule has 1 heterocycles. The molecule has 2 aliphatic rings. The maximum atomic E-state index is 12.3. The van der Waals surface area contributed by atoms with Crippen LogP contribution in [0.1, 0.15) is 29.6 Å².